The third-order valence-electron chi connectivity index (χ3n) is 5.45. The average Bonchev–Trinajstić information content (AvgIpc) is 3.16. The lowest BCUT2D eigenvalue weighted by molar-refractivity contribution is -0.308. The third-order valence-corrected chi connectivity index (χ3v) is 5.75. The first-order chi connectivity index (χ1) is 16.1. The van der Waals surface area contributed by atoms with Gasteiger partial charge in [0.2, 0.25) is 0 Å². The maximum Gasteiger partial charge on any atom is 0.336 e. The summed E-state index contributed by atoms with van der Waals surface area (Å²) < 4.78 is 10.8. The molecule has 34 heavy (non-hydrogen) atoms. The summed E-state index contributed by atoms with van der Waals surface area (Å²) in [6.07, 6.45) is 0.405. The summed E-state index contributed by atoms with van der Waals surface area (Å²) in [6.45, 7) is 3.17. The Balaban J connectivity index is 1.51. The van der Waals surface area contributed by atoms with Crippen LogP contribution in [-0.2, 0) is 16.0 Å². The zero-order chi connectivity index (χ0) is 24.6. The number of rotatable bonds is 7. The van der Waals surface area contributed by atoms with Crippen LogP contribution in [0.1, 0.15) is 18.1 Å². The second-order valence-electron chi connectivity index (χ2n) is 7.92. The minimum absolute atomic E-state index is 0.0303. The number of benzene rings is 2. The highest BCUT2D eigenvalue weighted by molar-refractivity contribution is 6.32. The molecule has 0 aliphatic carbocycles. The Morgan fingerprint density at radius 2 is 2.00 bits per heavy atom. The van der Waals surface area contributed by atoms with Gasteiger partial charge >= 0.3 is 5.63 Å². The Hall–Kier alpha value is -3.98. The van der Waals surface area contributed by atoms with Gasteiger partial charge in [0.15, 0.2) is 6.10 Å². The van der Waals surface area contributed by atoms with Crippen LogP contribution < -0.4 is 20.8 Å². The van der Waals surface area contributed by atoms with Crippen LogP contribution in [-0.4, -0.2) is 34.1 Å². The molecule has 2 heterocycles. The van der Waals surface area contributed by atoms with E-state index in [9.17, 15) is 24.6 Å². The molecule has 0 spiro atoms. The number of phenolic OH excluding ortho intramolecular Hbond substituents is 1. The Bertz CT molecular complexity index is 1470. The maximum atomic E-state index is 12.7. The molecule has 9 nitrogen and oxygen atoms in total. The predicted molar refractivity (Wildman–Crippen MR) is 123 cm³/mol. The largest absolute Gasteiger partial charge is 0.548 e. The van der Waals surface area contributed by atoms with Crippen molar-refractivity contribution in [1.29, 1.82) is 0 Å². The number of aromatic amines is 1. The molecule has 1 amide bonds. The first kappa shape index (κ1) is 23.2. The fourth-order valence-corrected chi connectivity index (χ4v) is 3.90. The number of aromatic hydroxyl groups is 1. The number of phenols is 1. The summed E-state index contributed by atoms with van der Waals surface area (Å²) in [5.74, 6) is -2.06. The van der Waals surface area contributed by atoms with Gasteiger partial charge in [0, 0.05) is 41.0 Å². The first-order valence-electron chi connectivity index (χ1n) is 10.3. The van der Waals surface area contributed by atoms with E-state index in [-0.39, 0.29) is 28.5 Å². The van der Waals surface area contributed by atoms with Crippen molar-refractivity contribution in [1.82, 2.24) is 10.3 Å². The molecule has 4 rings (SSSR count). The summed E-state index contributed by atoms with van der Waals surface area (Å²) >= 11 is 6.28. The Morgan fingerprint density at radius 1 is 1.24 bits per heavy atom. The Kier molecular flexibility index (Phi) is 6.21. The van der Waals surface area contributed by atoms with Crippen molar-refractivity contribution in [2.45, 2.75) is 32.4 Å². The third kappa shape index (κ3) is 4.69. The standard InChI is InChI=1S/C24H21ClN2O7/c1-11-5-22(29)34-20-9-21(17(25)8-15(11)20)33-12(2)23(30)27-19(24(31)32)6-13-10-26-18-4-3-14(28)7-16(13)18/h3-5,7-10,12,19,26,28H,6H2,1-2H3,(H,27,30)(H,31,32)/p-1/t12-,19-/m1/s1. The molecule has 0 aliphatic rings. The second-order valence-corrected chi connectivity index (χ2v) is 8.32. The summed E-state index contributed by atoms with van der Waals surface area (Å²) in [4.78, 5) is 39.1. The van der Waals surface area contributed by atoms with Crippen molar-refractivity contribution in [3.05, 3.63) is 69.2 Å². The topological polar surface area (TPSA) is 145 Å². The van der Waals surface area contributed by atoms with Gasteiger partial charge in [-0.25, -0.2) is 4.79 Å². The zero-order valence-corrected chi connectivity index (χ0v) is 18.9. The van der Waals surface area contributed by atoms with Crippen molar-refractivity contribution in [2.75, 3.05) is 0 Å². The molecular formula is C24H20ClN2O7-. The number of H-pyrrole nitrogens is 1. The molecule has 0 saturated carbocycles. The summed E-state index contributed by atoms with van der Waals surface area (Å²) in [5, 5.41) is 25.3. The zero-order valence-electron chi connectivity index (χ0n) is 18.2. The number of amides is 1. The molecule has 0 bridgehead atoms. The first-order valence-corrected chi connectivity index (χ1v) is 10.7. The van der Waals surface area contributed by atoms with E-state index in [0.29, 0.717) is 27.4 Å². The number of carboxylic acid groups (broad SMARTS) is 1. The van der Waals surface area contributed by atoms with Gasteiger partial charge < -0.3 is 34.5 Å². The fourth-order valence-electron chi connectivity index (χ4n) is 3.69. The van der Waals surface area contributed by atoms with Gasteiger partial charge in [0.05, 0.1) is 17.0 Å². The van der Waals surface area contributed by atoms with E-state index in [4.69, 9.17) is 20.8 Å². The number of fused-ring (bicyclic) bond motifs is 2. The molecule has 0 saturated heterocycles. The number of nitrogens with one attached hydrogen (secondary N) is 2. The Morgan fingerprint density at radius 3 is 2.74 bits per heavy atom. The van der Waals surface area contributed by atoms with E-state index in [1.807, 2.05) is 0 Å². The van der Waals surface area contributed by atoms with Gasteiger partial charge in [-0.2, -0.15) is 0 Å². The minimum Gasteiger partial charge on any atom is -0.548 e. The summed E-state index contributed by atoms with van der Waals surface area (Å²) in [6, 6.07) is 7.62. The predicted octanol–water partition coefficient (Wildman–Crippen LogP) is 2.19. The van der Waals surface area contributed by atoms with Crippen LogP contribution in [0.3, 0.4) is 0 Å². The van der Waals surface area contributed by atoms with E-state index < -0.39 is 29.6 Å². The van der Waals surface area contributed by atoms with Crippen LogP contribution in [0.25, 0.3) is 21.9 Å². The molecule has 2 aromatic carbocycles. The molecule has 0 unspecified atom stereocenters. The fraction of sp³-hybridized carbons (Fsp3) is 0.208. The number of hydrogen-bond acceptors (Lipinski definition) is 7. The van der Waals surface area contributed by atoms with Crippen molar-refractivity contribution < 1.29 is 29.0 Å². The van der Waals surface area contributed by atoms with Gasteiger partial charge in [-0.05, 0) is 49.2 Å². The smallest absolute Gasteiger partial charge is 0.336 e. The lowest BCUT2D eigenvalue weighted by atomic mass is 10.0. The minimum atomic E-state index is -1.48. The number of ether oxygens (including phenoxy) is 1. The van der Waals surface area contributed by atoms with Gasteiger partial charge in [-0.1, -0.05) is 11.6 Å². The molecular weight excluding hydrogens is 464 g/mol. The molecule has 3 N–H and O–H groups in total. The van der Waals surface area contributed by atoms with Gasteiger partial charge in [0.25, 0.3) is 5.91 Å². The maximum absolute atomic E-state index is 12.7. The van der Waals surface area contributed by atoms with E-state index in [0.717, 1.165) is 0 Å². The Labute approximate surface area is 197 Å². The number of aromatic nitrogens is 1. The number of halogens is 1. The van der Waals surface area contributed by atoms with Crippen LogP contribution in [0.4, 0.5) is 0 Å². The van der Waals surface area contributed by atoms with Gasteiger partial charge in [-0.15, -0.1) is 0 Å². The number of carboxylic acids is 1. The van der Waals surface area contributed by atoms with Crippen molar-refractivity contribution in [2.24, 2.45) is 0 Å². The molecule has 176 valence electrons. The monoisotopic (exact) mass is 483 g/mol. The highest BCUT2D eigenvalue weighted by Gasteiger charge is 2.22. The van der Waals surface area contributed by atoms with E-state index >= 15 is 0 Å². The highest BCUT2D eigenvalue weighted by Crippen LogP contribution is 2.31. The average molecular weight is 484 g/mol. The summed E-state index contributed by atoms with van der Waals surface area (Å²) in [7, 11) is 0. The van der Waals surface area contributed by atoms with Crippen LogP contribution in [0, 0.1) is 6.92 Å². The number of carbonyl (C=O) groups is 2. The van der Waals surface area contributed by atoms with Gasteiger partial charge in [0.1, 0.15) is 17.1 Å². The van der Waals surface area contributed by atoms with Crippen LogP contribution >= 0.6 is 11.6 Å². The molecule has 10 heteroatoms. The number of hydrogen-bond donors (Lipinski definition) is 3. The van der Waals surface area contributed by atoms with Crippen LogP contribution in [0.15, 0.2) is 51.8 Å². The molecule has 2 atom stereocenters. The number of aliphatic carboxylic acids is 1. The molecule has 0 radical (unpaired) electrons. The van der Waals surface area contributed by atoms with E-state index in [1.165, 1.54) is 31.2 Å². The molecule has 4 aromatic rings. The second kappa shape index (κ2) is 9.11. The molecule has 2 aromatic heterocycles. The highest BCUT2D eigenvalue weighted by atomic mass is 35.5. The van der Waals surface area contributed by atoms with Crippen molar-refractivity contribution in [3.8, 4) is 11.5 Å². The SMILES string of the molecule is Cc1cc(=O)oc2cc(O[C@H](C)C(=O)N[C@H](Cc3c[nH]c4ccc(O)cc34)C(=O)[O-])c(Cl)cc12. The van der Waals surface area contributed by atoms with Crippen LogP contribution in [0.2, 0.25) is 5.02 Å². The van der Waals surface area contributed by atoms with E-state index in [2.05, 4.69) is 10.3 Å². The number of aryl methyl sites for hydroxylation is 1. The lowest BCUT2D eigenvalue weighted by Crippen LogP contribution is -2.52. The van der Waals surface area contributed by atoms with Crippen molar-refractivity contribution in [3.63, 3.8) is 0 Å². The lowest BCUT2D eigenvalue weighted by Gasteiger charge is -2.22. The van der Waals surface area contributed by atoms with E-state index in [1.54, 1.807) is 25.3 Å². The normalized spacial score (nSPS) is 13.0. The quantitative estimate of drug-likeness (QED) is 0.341. The molecule has 0 fully saturated rings. The van der Waals surface area contributed by atoms with Crippen LogP contribution in [0.5, 0.6) is 11.5 Å². The van der Waals surface area contributed by atoms with Gasteiger partial charge in [-0.3, -0.25) is 4.79 Å². The number of carbonyl (C=O) groups excluding carboxylic acids is 2. The summed E-state index contributed by atoms with van der Waals surface area (Å²) in [5.41, 5.74) is 1.67. The van der Waals surface area contributed by atoms with Crippen molar-refractivity contribution >= 4 is 45.3 Å². The molecule has 0 aliphatic heterocycles.